The monoisotopic (exact) mass is 327 g/mol. The van der Waals surface area contributed by atoms with Gasteiger partial charge in [-0.2, -0.15) is 0 Å². The molecule has 2 rings (SSSR count). The largest absolute Gasteiger partial charge is 0.478 e. The predicted molar refractivity (Wildman–Crippen MR) is 81.0 cm³/mol. The van der Waals surface area contributed by atoms with Crippen LogP contribution < -0.4 is 0 Å². The summed E-state index contributed by atoms with van der Waals surface area (Å²) in [6.45, 7) is 2.04. The van der Waals surface area contributed by atoms with Crippen LogP contribution in [0.1, 0.15) is 29.4 Å². The third-order valence-electron chi connectivity index (χ3n) is 2.36. The first-order valence-corrected chi connectivity index (χ1v) is 8.77. The first kappa shape index (κ1) is 15.3. The molecule has 0 atom stereocenters. The second-order valence-electron chi connectivity index (χ2n) is 3.88. The lowest BCUT2D eigenvalue weighted by molar-refractivity contribution is 0.0696. The standard InChI is InChI=1S/C12H13N3O2S3/c1-3-4-8-5-7(10(16)17)6-9(13-8)19-12-15-14-11(18-2)20-12/h5-6H,3-4H2,1-2H3,(H,16,17). The molecule has 0 amide bonds. The van der Waals surface area contributed by atoms with Crippen LogP contribution in [0.2, 0.25) is 0 Å². The highest BCUT2D eigenvalue weighted by Crippen LogP contribution is 2.32. The molecule has 2 heterocycles. The number of aryl methyl sites for hydroxylation is 1. The minimum absolute atomic E-state index is 0.264. The van der Waals surface area contributed by atoms with Gasteiger partial charge < -0.3 is 5.11 Å². The average Bonchev–Trinajstić information content (AvgIpc) is 2.86. The third kappa shape index (κ3) is 3.94. The molecule has 20 heavy (non-hydrogen) atoms. The Morgan fingerprint density at radius 2 is 2.10 bits per heavy atom. The van der Waals surface area contributed by atoms with E-state index < -0.39 is 5.97 Å². The predicted octanol–water partition coefficient (Wildman–Crippen LogP) is 3.46. The smallest absolute Gasteiger partial charge is 0.335 e. The number of carbonyl (C=O) groups is 1. The van der Waals surface area contributed by atoms with E-state index in [1.807, 2.05) is 13.2 Å². The summed E-state index contributed by atoms with van der Waals surface area (Å²) in [4.78, 5) is 15.6. The number of aromatic carboxylic acids is 1. The molecule has 0 aliphatic rings. The third-order valence-corrected chi connectivity index (χ3v) is 5.23. The van der Waals surface area contributed by atoms with Gasteiger partial charge in [-0.05, 0) is 36.6 Å². The number of hydrogen-bond donors (Lipinski definition) is 1. The number of nitrogens with zero attached hydrogens (tertiary/aromatic N) is 3. The summed E-state index contributed by atoms with van der Waals surface area (Å²) in [7, 11) is 0. The van der Waals surface area contributed by atoms with Crippen molar-refractivity contribution in [1.29, 1.82) is 0 Å². The van der Waals surface area contributed by atoms with Crippen LogP contribution in [0.15, 0.2) is 25.8 Å². The zero-order chi connectivity index (χ0) is 14.5. The summed E-state index contributed by atoms with van der Waals surface area (Å²) in [5.41, 5.74) is 1.06. The molecule has 8 heteroatoms. The highest BCUT2D eigenvalue weighted by atomic mass is 32.2. The van der Waals surface area contributed by atoms with Crippen molar-refractivity contribution in [2.75, 3.05) is 6.26 Å². The first-order chi connectivity index (χ1) is 9.62. The van der Waals surface area contributed by atoms with E-state index in [0.717, 1.165) is 27.2 Å². The molecule has 0 aliphatic heterocycles. The van der Waals surface area contributed by atoms with Crippen LogP contribution in [0.3, 0.4) is 0 Å². The molecule has 0 spiro atoms. The van der Waals surface area contributed by atoms with Gasteiger partial charge in [0.25, 0.3) is 0 Å². The van der Waals surface area contributed by atoms with Gasteiger partial charge in [0.15, 0.2) is 8.68 Å². The van der Waals surface area contributed by atoms with E-state index in [1.165, 1.54) is 34.9 Å². The molecule has 0 aliphatic carbocycles. The second-order valence-corrected chi connectivity index (χ2v) is 7.18. The highest BCUT2D eigenvalue weighted by Gasteiger charge is 2.11. The molecule has 106 valence electrons. The number of hydrogen-bond acceptors (Lipinski definition) is 7. The Hall–Kier alpha value is -1.12. The molecule has 0 aromatic carbocycles. The minimum Gasteiger partial charge on any atom is -0.478 e. The minimum atomic E-state index is -0.936. The van der Waals surface area contributed by atoms with Crippen molar-refractivity contribution in [2.45, 2.75) is 33.5 Å². The Bertz CT molecular complexity index is 616. The molecule has 2 aromatic rings. The molecule has 5 nitrogen and oxygen atoms in total. The maximum absolute atomic E-state index is 11.1. The van der Waals surface area contributed by atoms with Gasteiger partial charge in [0.1, 0.15) is 5.03 Å². The summed E-state index contributed by atoms with van der Waals surface area (Å²) >= 11 is 4.37. The van der Waals surface area contributed by atoms with Crippen molar-refractivity contribution in [3.05, 3.63) is 23.4 Å². The van der Waals surface area contributed by atoms with Crippen molar-refractivity contribution < 1.29 is 9.90 Å². The summed E-state index contributed by atoms with van der Waals surface area (Å²) in [6.07, 6.45) is 3.63. The first-order valence-electron chi connectivity index (χ1n) is 5.92. The van der Waals surface area contributed by atoms with E-state index >= 15 is 0 Å². The Labute approximate surface area is 129 Å². The van der Waals surface area contributed by atoms with Crippen molar-refractivity contribution in [3.63, 3.8) is 0 Å². The summed E-state index contributed by atoms with van der Waals surface area (Å²) in [5.74, 6) is -0.936. The Morgan fingerprint density at radius 1 is 1.35 bits per heavy atom. The van der Waals surface area contributed by atoms with E-state index in [-0.39, 0.29) is 5.56 Å². The number of thioether (sulfide) groups is 1. The van der Waals surface area contributed by atoms with Gasteiger partial charge in [0, 0.05) is 5.69 Å². The molecule has 0 radical (unpaired) electrons. The fourth-order valence-electron chi connectivity index (χ4n) is 1.53. The molecule has 0 unspecified atom stereocenters. The van der Waals surface area contributed by atoms with Crippen LogP contribution in [-0.4, -0.2) is 32.5 Å². The number of rotatable bonds is 6. The zero-order valence-corrected chi connectivity index (χ0v) is 13.4. The summed E-state index contributed by atoms with van der Waals surface area (Å²) in [6, 6.07) is 3.20. The van der Waals surface area contributed by atoms with Crippen LogP contribution in [-0.2, 0) is 6.42 Å². The maximum atomic E-state index is 11.1. The van der Waals surface area contributed by atoms with E-state index in [2.05, 4.69) is 15.2 Å². The number of aromatic nitrogens is 3. The molecular weight excluding hydrogens is 314 g/mol. The SMILES string of the molecule is CCCc1cc(C(=O)O)cc(Sc2nnc(SC)s2)n1. The van der Waals surface area contributed by atoms with Gasteiger partial charge in [-0.15, -0.1) is 10.2 Å². The van der Waals surface area contributed by atoms with Crippen LogP contribution >= 0.6 is 34.9 Å². The zero-order valence-electron chi connectivity index (χ0n) is 11.0. The van der Waals surface area contributed by atoms with Crippen molar-refractivity contribution in [3.8, 4) is 0 Å². The Morgan fingerprint density at radius 3 is 2.70 bits per heavy atom. The number of carboxylic acid groups (broad SMARTS) is 1. The number of carboxylic acids is 1. The van der Waals surface area contributed by atoms with Gasteiger partial charge in [-0.1, -0.05) is 36.4 Å². The molecule has 1 N–H and O–H groups in total. The average molecular weight is 327 g/mol. The Kier molecular flexibility index (Phi) is 5.38. The van der Waals surface area contributed by atoms with E-state index in [9.17, 15) is 4.79 Å². The fraction of sp³-hybridized carbons (Fsp3) is 0.333. The van der Waals surface area contributed by atoms with E-state index in [0.29, 0.717) is 5.03 Å². The topological polar surface area (TPSA) is 76.0 Å². The van der Waals surface area contributed by atoms with Crippen molar-refractivity contribution in [1.82, 2.24) is 15.2 Å². The van der Waals surface area contributed by atoms with Crippen LogP contribution in [0.5, 0.6) is 0 Å². The summed E-state index contributed by atoms with van der Waals surface area (Å²) < 4.78 is 1.66. The van der Waals surface area contributed by atoms with Crippen molar-refractivity contribution in [2.24, 2.45) is 0 Å². The van der Waals surface area contributed by atoms with Gasteiger partial charge in [0.2, 0.25) is 0 Å². The number of pyridine rings is 1. The van der Waals surface area contributed by atoms with Gasteiger partial charge >= 0.3 is 5.97 Å². The van der Waals surface area contributed by atoms with Gasteiger partial charge in [-0.25, -0.2) is 9.78 Å². The quantitative estimate of drug-likeness (QED) is 0.814. The molecule has 0 saturated carbocycles. The Balaban J connectivity index is 2.27. The fourth-order valence-corrected chi connectivity index (χ4v) is 3.96. The van der Waals surface area contributed by atoms with Gasteiger partial charge in [0.05, 0.1) is 5.56 Å². The normalized spacial score (nSPS) is 10.7. The van der Waals surface area contributed by atoms with Crippen molar-refractivity contribution >= 4 is 40.8 Å². The molecule has 0 fully saturated rings. The van der Waals surface area contributed by atoms with Gasteiger partial charge in [-0.3, -0.25) is 0 Å². The second kappa shape index (κ2) is 7.05. The lowest BCUT2D eigenvalue weighted by Gasteiger charge is -2.04. The van der Waals surface area contributed by atoms with E-state index in [4.69, 9.17) is 5.11 Å². The van der Waals surface area contributed by atoms with Crippen LogP contribution in [0.25, 0.3) is 0 Å². The van der Waals surface area contributed by atoms with Crippen LogP contribution in [0.4, 0.5) is 0 Å². The molecule has 0 saturated heterocycles. The van der Waals surface area contributed by atoms with E-state index in [1.54, 1.807) is 12.1 Å². The molecular formula is C12H13N3O2S3. The lowest BCUT2D eigenvalue weighted by atomic mass is 10.2. The highest BCUT2D eigenvalue weighted by molar-refractivity contribution is 8.02. The molecule has 0 bridgehead atoms. The van der Waals surface area contributed by atoms with Crippen LogP contribution in [0, 0.1) is 0 Å². The lowest BCUT2D eigenvalue weighted by Crippen LogP contribution is -2.01. The summed E-state index contributed by atoms with van der Waals surface area (Å²) in [5, 5.41) is 17.9. The molecule has 2 aromatic heterocycles. The maximum Gasteiger partial charge on any atom is 0.335 e.